The number of hydrogen-bond acceptors (Lipinski definition) is 1. The predicted octanol–water partition coefficient (Wildman–Crippen LogP) is 5.75. The summed E-state index contributed by atoms with van der Waals surface area (Å²) in [6.45, 7) is 9.89. The van der Waals surface area contributed by atoms with E-state index in [1.54, 1.807) is 12.3 Å². The second kappa shape index (κ2) is 7.67. The summed E-state index contributed by atoms with van der Waals surface area (Å²) in [5.41, 5.74) is 1.59. The second-order valence-electron chi connectivity index (χ2n) is 7.79. The smallest absolute Gasteiger partial charge is 0.118 e. The van der Waals surface area contributed by atoms with Crippen LogP contribution in [-0.2, 0) is 0 Å². The van der Waals surface area contributed by atoms with Crippen LogP contribution < -0.4 is 9.92 Å². The summed E-state index contributed by atoms with van der Waals surface area (Å²) >= 11 is 0. The van der Waals surface area contributed by atoms with Gasteiger partial charge in [0.05, 0.1) is 15.2 Å². The molecule has 1 aromatic rings. The Labute approximate surface area is 138 Å². The molecule has 0 bridgehead atoms. The fraction of sp³-hybridized carbons (Fsp3) is 0.700. The van der Waals surface area contributed by atoms with Crippen molar-refractivity contribution in [1.29, 1.82) is 0 Å². The molecule has 1 fully saturated rings. The molecule has 2 rings (SSSR count). The minimum atomic E-state index is -1.50. The summed E-state index contributed by atoms with van der Waals surface area (Å²) in [5, 5.41) is 1.64. The van der Waals surface area contributed by atoms with Crippen LogP contribution >= 0.6 is 0 Å². The molecule has 0 unspecified atom stereocenters. The van der Waals surface area contributed by atoms with Crippen molar-refractivity contribution >= 4 is 13.3 Å². The molecule has 0 saturated heterocycles. The quantitative estimate of drug-likeness (QED) is 0.607. The molecule has 0 heterocycles. The van der Waals surface area contributed by atoms with Gasteiger partial charge in [-0.15, -0.1) is 0 Å². The molecule has 1 aliphatic rings. The van der Waals surface area contributed by atoms with Crippen LogP contribution in [0.25, 0.3) is 0 Å². The van der Waals surface area contributed by atoms with Crippen molar-refractivity contribution in [2.24, 2.45) is 5.92 Å². The lowest BCUT2D eigenvalue weighted by Crippen LogP contribution is -2.54. The first-order valence-corrected chi connectivity index (χ1v) is 11.5. The molecule has 0 aromatic heterocycles. The molecule has 0 aliphatic heterocycles. The van der Waals surface area contributed by atoms with Gasteiger partial charge in [-0.2, -0.15) is 0 Å². The van der Waals surface area contributed by atoms with Crippen LogP contribution in [0.4, 0.5) is 0 Å². The first-order chi connectivity index (χ1) is 10.5. The van der Waals surface area contributed by atoms with Crippen molar-refractivity contribution in [1.82, 2.24) is 0 Å². The van der Waals surface area contributed by atoms with Crippen LogP contribution in [0.5, 0.6) is 5.75 Å². The van der Waals surface area contributed by atoms with Crippen molar-refractivity contribution < 1.29 is 4.74 Å². The van der Waals surface area contributed by atoms with E-state index in [9.17, 15) is 0 Å². The molecule has 124 valence electrons. The van der Waals surface area contributed by atoms with E-state index in [2.05, 4.69) is 52.0 Å². The minimum absolute atomic E-state index is 0.794. The van der Waals surface area contributed by atoms with Gasteiger partial charge in [-0.25, -0.2) is 0 Å². The maximum Gasteiger partial charge on any atom is 0.118 e. The lowest BCUT2D eigenvalue weighted by atomic mass is 9.91. The molecule has 1 aliphatic carbocycles. The standard InChI is InChI=1S/C20H34OSi/c1-16(2)22(17(3)4,15-18-9-7-6-8-10-18)20-13-11-19(21-5)12-14-20/h11-14,16-18H,6-10,15H2,1-5H3. The Morgan fingerprint density at radius 1 is 0.955 bits per heavy atom. The number of rotatable bonds is 6. The van der Waals surface area contributed by atoms with E-state index in [0.717, 1.165) is 22.7 Å². The Morgan fingerprint density at radius 2 is 1.50 bits per heavy atom. The van der Waals surface area contributed by atoms with Crippen LogP contribution in [0.1, 0.15) is 59.8 Å². The van der Waals surface area contributed by atoms with Crippen molar-refractivity contribution in [2.75, 3.05) is 7.11 Å². The minimum Gasteiger partial charge on any atom is -0.497 e. The predicted molar refractivity (Wildman–Crippen MR) is 100.0 cm³/mol. The average Bonchev–Trinajstić information content (AvgIpc) is 2.53. The monoisotopic (exact) mass is 318 g/mol. The van der Waals surface area contributed by atoms with Crippen molar-refractivity contribution in [3.05, 3.63) is 24.3 Å². The van der Waals surface area contributed by atoms with Crippen molar-refractivity contribution in [3.8, 4) is 5.75 Å². The summed E-state index contributed by atoms with van der Waals surface area (Å²) in [6, 6.07) is 10.6. The summed E-state index contributed by atoms with van der Waals surface area (Å²) in [5.74, 6) is 1.95. The van der Waals surface area contributed by atoms with Gasteiger partial charge < -0.3 is 4.74 Å². The Balaban J connectivity index is 2.34. The zero-order chi connectivity index (χ0) is 16.2. The molecule has 0 radical (unpaired) electrons. The van der Waals surface area contributed by atoms with E-state index in [1.165, 1.54) is 38.1 Å². The van der Waals surface area contributed by atoms with Gasteiger partial charge in [0.1, 0.15) is 5.75 Å². The number of benzene rings is 1. The van der Waals surface area contributed by atoms with E-state index in [-0.39, 0.29) is 0 Å². The van der Waals surface area contributed by atoms with E-state index >= 15 is 0 Å². The zero-order valence-electron chi connectivity index (χ0n) is 15.2. The summed E-state index contributed by atoms with van der Waals surface area (Å²) in [6.07, 6.45) is 7.29. The highest BCUT2D eigenvalue weighted by atomic mass is 28.3. The van der Waals surface area contributed by atoms with Crippen molar-refractivity contribution in [3.63, 3.8) is 0 Å². The molecule has 1 aromatic carbocycles. The average molecular weight is 319 g/mol. The highest BCUT2D eigenvalue weighted by Crippen LogP contribution is 2.41. The fourth-order valence-electron chi connectivity index (χ4n) is 4.69. The van der Waals surface area contributed by atoms with Gasteiger partial charge in [0.25, 0.3) is 0 Å². The summed E-state index contributed by atoms with van der Waals surface area (Å²) in [4.78, 5) is 0. The molecule has 22 heavy (non-hydrogen) atoms. The largest absolute Gasteiger partial charge is 0.497 e. The molecule has 1 nitrogen and oxygen atoms in total. The Bertz CT molecular complexity index is 435. The SMILES string of the molecule is COc1ccc([Si](CC2CCCCC2)(C(C)C)C(C)C)cc1. The maximum atomic E-state index is 5.37. The molecule has 2 heteroatoms. The third-order valence-electron chi connectivity index (χ3n) is 6.04. The highest BCUT2D eigenvalue weighted by Gasteiger charge is 2.43. The number of methoxy groups -OCH3 is 1. The van der Waals surface area contributed by atoms with Crippen molar-refractivity contribution in [2.45, 2.75) is 76.9 Å². The summed E-state index contributed by atoms with van der Waals surface area (Å²) in [7, 11) is 0.252. The molecular formula is C20H34OSi. The van der Waals surface area contributed by atoms with E-state index in [0.29, 0.717) is 0 Å². The molecule has 0 amide bonds. The van der Waals surface area contributed by atoms with Gasteiger partial charge in [-0.05, 0) is 35.2 Å². The lowest BCUT2D eigenvalue weighted by molar-refractivity contribution is 0.380. The Morgan fingerprint density at radius 3 is 1.95 bits per heavy atom. The zero-order valence-corrected chi connectivity index (χ0v) is 16.2. The molecule has 1 saturated carbocycles. The fourth-order valence-corrected chi connectivity index (χ4v) is 10.7. The molecular weight excluding hydrogens is 284 g/mol. The van der Waals surface area contributed by atoms with Crippen LogP contribution in [-0.4, -0.2) is 15.2 Å². The topological polar surface area (TPSA) is 9.23 Å². The first kappa shape index (κ1) is 17.6. The van der Waals surface area contributed by atoms with E-state index in [1.807, 2.05) is 0 Å². The second-order valence-corrected chi connectivity index (χ2v) is 13.2. The van der Waals surface area contributed by atoms with Crippen LogP contribution in [0.2, 0.25) is 17.1 Å². The van der Waals surface area contributed by atoms with E-state index < -0.39 is 8.07 Å². The lowest BCUT2D eigenvalue weighted by Gasteiger charge is -2.43. The first-order valence-electron chi connectivity index (χ1n) is 9.15. The molecule has 0 atom stereocenters. The van der Waals surface area contributed by atoms with Gasteiger partial charge in [0.15, 0.2) is 0 Å². The van der Waals surface area contributed by atoms with Crippen LogP contribution in [0.3, 0.4) is 0 Å². The Hall–Kier alpha value is -0.763. The normalized spacial score (nSPS) is 17.2. The maximum absolute atomic E-state index is 5.37. The molecule has 0 spiro atoms. The third kappa shape index (κ3) is 3.59. The van der Waals surface area contributed by atoms with Gasteiger partial charge >= 0.3 is 0 Å². The van der Waals surface area contributed by atoms with Gasteiger partial charge in [-0.3, -0.25) is 0 Å². The third-order valence-corrected chi connectivity index (χ3v) is 12.8. The number of hydrogen-bond donors (Lipinski definition) is 0. The van der Waals surface area contributed by atoms with Crippen LogP contribution in [0, 0.1) is 5.92 Å². The van der Waals surface area contributed by atoms with Gasteiger partial charge in [0, 0.05) is 0 Å². The van der Waals surface area contributed by atoms with Gasteiger partial charge in [-0.1, -0.05) is 77.1 Å². The highest BCUT2D eigenvalue weighted by molar-refractivity contribution is 6.94. The molecule has 0 N–H and O–H groups in total. The number of ether oxygens (including phenoxy) is 1. The van der Waals surface area contributed by atoms with E-state index in [4.69, 9.17) is 4.74 Å². The summed E-state index contributed by atoms with van der Waals surface area (Å²) < 4.78 is 5.37. The van der Waals surface area contributed by atoms with Gasteiger partial charge in [0.2, 0.25) is 0 Å². The van der Waals surface area contributed by atoms with Crippen LogP contribution in [0.15, 0.2) is 24.3 Å². The Kier molecular flexibility index (Phi) is 6.14.